The maximum atomic E-state index is 11.1. The first-order chi connectivity index (χ1) is 12.6. The predicted molar refractivity (Wildman–Crippen MR) is 125 cm³/mol. The lowest BCUT2D eigenvalue weighted by molar-refractivity contribution is -0.140. The Hall–Kier alpha value is -1.03. The quantitative estimate of drug-likeness (QED) is 0.170. The Bertz CT molecular complexity index is 598. The topological polar surface area (TPSA) is 66.0 Å². The fourth-order valence-electron chi connectivity index (χ4n) is 3.03. The first kappa shape index (κ1) is 24.0. The van der Waals surface area contributed by atoms with Crippen LogP contribution in [0.25, 0.3) is 0 Å². The number of benzene rings is 1. The lowest BCUT2D eigenvalue weighted by Crippen LogP contribution is -2.44. The van der Waals surface area contributed by atoms with Crippen LogP contribution in [0.5, 0.6) is 0 Å². The number of guanidine groups is 1. The van der Waals surface area contributed by atoms with Crippen molar-refractivity contribution in [2.75, 3.05) is 38.7 Å². The molecule has 0 aliphatic carbocycles. The van der Waals surface area contributed by atoms with Gasteiger partial charge in [-0.3, -0.25) is 9.79 Å². The van der Waals surface area contributed by atoms with Crippen LogP contribution in [-0.4, -0.2) is 51.8 Å². The lowest BCUT2D eigenvalue weighted by atomic mass is 10.2. The molecule has 1 fully saturated rings. The van der Waals surface area contributed by atoms with Crippen molar-refractivity contribution in [3.05, 3.63) is 28.7 Å². The molecule has 1 aliphatic heterocycles. The number of esters is 1. The van der Waals surface area contributed by atoms with Crippen LogP contribution >= 0.6 is 39.9 Å². The van der Waals surface area contributed by atoms with Crippen molar-refractivity contribution in [1.82, 2.24) is 10.6 Å². The second-order valence-corrected chi connectivity index (χ2v) is 7.35. The summed E-state index contributed by atoms with van der Waals surface area (Å²) in [6.07, 6.45) is 4.46. The van der Waals surface area contributed by atoms with Gasteiger partial charge in [0.1, 0.15) is 0 Å². The molecule has 0 bridgehead atoms. The molecule has 1 saturated heterocycles. The highest BCUT2D eigenvalue weighted by Crippen LogP contribution is 2.22. The summed E-state index contributed by atoms with van der Waals surface area (Å²) in [6.45, 7) is 2.87. The molecule has 0 spiro atoms. The number of anilines is 1. The standard InChI is InChI=1S/C19H29BrN4O2.HI/c1-21-19(22-12-5-3-4-6-18(25)26-2)23-16-11-13-24(14-16)17-9-7-15(20)8-10-17;/h7-10,16H,3-6,11-14H2,1-2H3,(H2,21,22,23);1H. The number of ether oxygens (including phenoxy) is 1. The van der Waals surface area contributed by atoms with Crippen LogP contribution in [0.4, 0.5) is 5.69 Å². The molecule has 1 heterocycles. The molecule has 152 valence electrons. The van der Waals surface area contributed by atoms with Crippen LogP contribution in [0.2, 0.25) is 0 Å². The van der Waals surface area contributed by atoms with Crippen LogP contribution in [0.3, 0.4) is 0 Å². The third-order valence-corrected chi connectivity index (χ3v) is 5.05. The molecule has 0 amide bonds. The van der Waals surface area contributed by atoms with Crippen molar-refractivity contribution >= 4 is 57.5 Å². The van der Waals surface area contributed by atoms with E-state index in [0.717, 1.165) is 55.7 Å². The third-order valence-electron chi connectivity index (χ3n) is 4.52. The number of methoxy groups -OCH3 is 1. The van der Waals surface area contributed by atoms with E-state index < -0.39 is 0 Å². The number of hydrogen-bond donors (Lipinski definition) is 2. The number of halogens is 2. The third kappa shape index (κ3) is 8.68. The minimum absolute atomic E-state index is 0. The van der Waals surface area contributed by atoms with E-state index in [1.54, 1.807) is 7.05 Å². The van der Waals surface area contributed by atoms with Gasteiger partial charge >= 0.3 is 5.97 Å². The number of nitrogens with zero attached hydrogens (tertiary/aromatic N) is 2. The molecular weight excluding hydrogens is 523 g/mol. The van der Waals surface area contributed by atoms with E-state index >= 15 is 0 Å². The summed E-state index contributed by atoms with van der Waals surface area (Å²) in [4.78, 5) is 17.8. The molecule has 1 aliphatic rings. The molecule has 2 rings (SSSR count). The molecular formula is C19H30BrIN4O2. The molecule has 27 heavy (non-hydrogen) atoms. The number of aliphatic imine (C=N–C) groups is 1. The molecule has 1 unspecified atom stereocenters. The van der Waals surface area contributed by atoms with Crippen LogP contribution in [0.15, 0.2) is 33.7 Å². The van der Waals surface area contributed by atoms with Crippen LogP contribution < -0.4 is 15.5 Å². The Balaban J connectivity index is 0.00000364. The molecule has 1 atom stereocenters. The Kier molecular flexibility index (Phi) is 11.7. The molecule has 2 N–H and O–H groups in total. The summed E-state index contributed by atoms with van der Waals surface area (Å²) in [5.74, 6) is 0.715. The summed E-state index contributed by atoms with van der Waals surface area (Å²) >= 11 is 3.48. The highest BCUT2D eigenvalue weighted by Gasteiger charge is 2.23. The van der Waals surface area contributed by atoms with Crippen molar-refractivity contribution in [3.8, 4) is 0 Å². The van der Waals surface area contributed by atoms with Gasteiger partial charge in [-0.1, -0.05) is 22.4 Å². The van der Waals surface area contributed by atoms with Gasteiger partial charge < -0.3 is 20.3 Å². The number of hydrogen-bond acceptors (Lipinski definition) is 4. The van der Waals surface area contributed by atoms with E-state index in [4.69, 9.17) is 0 Å². The Labute approximate surface area is 187 Å². The zero-order valence-corrected chi connectivity index (χ0v) is 20.0. The molecule has 0 radical (unpaired) electrons. The van der Waals surface area contributed by atoms with Crippen LogP contribution in [0.1, 0.15) is 32.1 Å². The van der Waals surface area contributed by atoms with Gasteiger partial charge in [0.2, 0.25) is 0 Å². The SMILES string of the molecule is CN=C(NCCCCCC(=O)OC)NC1CCN(c2ccc(Br)cc2)C1.I. The predicted octanol–water partition coefficient (Wildman–Crippen LogP) is 3.54. The van der Waals surface area contributed by atoms with Gasteiger partial charge in [-0.05, 0) is 43.5 Å². The highest BCUT2D eigenvalue weighted by atomic mass is 127. The second kappa shape index (κ2) is 13.2. The van der Waals surface area contributed by atoms with Gasteiger partial charge in [0, 0.05) is 49.3 Å². The summed E-state index contributed by atoms with van der Waals surface area (Å²) in [7, 11) is 3.23. The number of carbonyl (C=O) groups excluding carboxylic acids is 1. The van der Waals surface area contributed by atoms with E-state index in [-0.39, 0.29) is 29.9 Å². The maximum Gasteiger partial charge on any atom is 0.305 e. The van der Waals surface area contributed by atoms with Crippen molar-refractivity contribution in [2.24, 2.45) is 4.99 Å². The van der Waals surface area contributed by atoms with E-state index in [1.807, 2.05) is 0 Å². The van der Waals surface area contributed by atoms with Gasteiger partial charge in [0.15, 0.2) is 5.96 Å². The molecule has 1 aromatic carbocycles. The smallest absolute Gasteiger partial charge is 0.305 e. The minimum Gasteiger partial charge on any atom is -0.469 e. The normalized spacial score (nSPS) is 16.6. The van der Waals surface area contributed by atoms with E-state index in [1.165, 1.54) is 12.8 Å². The fraction of sp³-hybridized carbons (Fsp3) is 0.579. The molecule has 8 heteroatoms. The summed E-state index contributed by atoms with van der Waals surface area (Å²) in [5.41, 5.74) is 1.26. The summed E-state index contributed by atoms with van der Waals surface area (Å²) in [6, 6.07) is 8.85. The van der Waals surface area contributed by atoms with Gasteiger partial charge in [-0.25, -0.2) is 0 Å². The first-order valence-electron chi connectivity index (χ1n) is 9.17. The van der Waals surface area contributed by atoms with Crippen molar-refractivity contribution in [1.29, 1.82) is 0 Å². The average molecular weight is 553 g/mol. The van der Waals surface area contributed by atoms with E-state index in [0.29, 0.717) is 12.5 Å². The van der Waals surface area contributed by atoms with Crippen molar-refractivity contribution in [2.45, 2.75) is 38.1 Å². The second-order valence-electron chi connectivity index (χ2n) is 6.44. The van der Waals surface area contributed by atoms with Gasteiger partial charge in [0.05, 0.1) is 7.11 Å². The van der Waals surface area contributed by atoms with Crippen LogP contribution in [0, 0.1) is 0 Å². The van der Waals surface area contributed by atoms with Gasteiger partial charge in [-0.2, -0.15) is 0 Å². The van der Waals surface area contributed by atoms with E-state index in [9.17, 15) is 4.79 Å². The van der Waals surface area contributed by atoms with E-state index in [2.05, 4.69) is 65.5 Å². The number of rotatable bonds is 8. The zero-order valence-electron chi connectivity index (χ0n) is 16.0. The number of nitrogens with one attached hydrogen (secondary N) is 2. The molecule has 6 nitrogen and oxygen atoms in total. The lowest BCUT2D eigenvalue weighted by Gasteiger charge is -2.20. The Morgan fingerprint density at radius 1 is 1.30 bits per heavy atom. The number of unbranched alkanes of at least 4 members (excludes halogenated alkanes) is 2. The average Bonchev–Trinajstić information content (AvgIpc) is 3.12. The number of carbonyl (C=O) groups is 1. The first-order valence-corrected chi connectivity index (χ1v) is 9.96. The molecule has 0 aromatic heterocycles. The Morgan fingerprint density at radius 2 is 2.04 bits per heavy atom. The minimum atomic E-state index is -0.132. The van der Waals surface area contributed by atoms with Crippen molar-refractivity contribution < 1.29 is 9.53 Å². The summed E-state index contributed by atoms with van der Waals surface area (Å²) in [5, 5.41) is 6.87. The monoisotopic (exact) mass is 552 g/mol. The van der Waals surface area contributed by atoms with Crippen LogP contribution in [-0.2, 0) is 9.53 Å². The molecule has 0 saturated carbocycles. The van der Waals surface area contributed by atoms with Crippen molar-refractivity contribution in [3.63, 3.8) is 0 Å². The van der Waals surface area contributed by atoms with Gasteiger partial charge in [-0.15, -0.1) is 24.0 Å². The fourth-order valence-corrected chi connectivity index (χ4v) is 3.30. The summed E-state index contributed by atoms with van der Waals surface area (Å²) < 4.78 is 5.75. The maximum absolute atomic E-state index is 11.1. The molecule has 1 aromatic rings. The largest absolute Gasteiger partial charge is 0.469 e. The highest BCUT2D eigenvalue weighted by molar-refractivity contribution is 14.0. The Morgan fingerprint density at radius 3 is 2.70 bits per heavy atom. The van der Waals surface area contributed by atoms with Gasteiger partial charge in [0.25, 0.3) is 0 Å². The zero-order chi connectivity index (χ0) is 18.8.